The molecule has 1 aliphatic carbocycles. The van der Waals surface area contributed by atoms with E-state index in [-0.39, 0.29) is 29.6 Å². The topological polar surface area (TPSA) is 57.2 Å². The van der Waals surface area contributed by atoms with E-state index in [0.717, 1.165) is 44.9 Å². The second-order valence-electron chi connectivity index (χ2n) is 11.1. The van der Waals surface area contributed by atoms with Crippen LogP contribution in [0.3, 0.4) is 0 Å². The molecule has 6 heteroatoms. The van der Waals surface area contributed by atoms with Crippen molar-refractivity contribution in [3.8, 4) is 0 Å². The molecule has 178 valence electrons. The highest BCUT2D eigenvalue weighted by molar-refractivity contribution is 6.74. The van der Waals surface area contributed by atoms with Crippen LogP contribution in [0.4, 0.5) is 0 Å². The van der Waals surface area contributed by atoms with E-state index in [1.165, 1.54) is 0 Å². The summed E-state index contributed by atoms with van der Waals surface area (Å²) in [4.78, 5) is 0. The summed E-state index contributed by atoms with van der Waals surface area (Å²) >= 11 is 0. The number of fused-ring (bicyclic) bond motifs is 1. The third-order valence-corrected chi connectivity index (χ3v) is 12.1. The smallest absolute Gasteiger partial charge is 0.192 e. The highest BCUT2D eigenvalue weighted by Crippen LogP contribution is 2.44. The predicted octanol–water partition coefficient (Wildman–Crippen LogP) is 5.65. The molecule has 5 nitrogen and oxygen atoms in total. The van der Waals surface area contributed by atoms with E-state index in [4.69, 9.17) is 18.6 Å². The number of ether oxygens (including phenoxy) is 3. The Morgan fingerprint density at radius 2 is 1.87 bits per heavy atom. The lowest BCUT2D eigenvalue weighted by Gasteiger charge is -2.45. The fourth-order valence-electron chi connectivity index (χ4n) is 4.59. The summed E-state index contributed by atoms with van der Waals surface area (Å²) in [5.74, 6) is 0.388. The zero-order valence-electron chi connectivity index (χ0n) is 20.8. The van der Waals surface area contributed by atoms with Crippen LogP contribution >= 0.6 is 0 Å². The van der Waals surface area contributed by atoms with Crippen molar-refractivity contribution >= 4 is 8.32 Å². The first-order valence-electron chi connectivity index (χ1n) is 12.2. The van der Waals surface area contributed by atoms with Crippen LogP contribution in [-0.4, -0.2) is 56.8 Å². The third-order valence-electron chi connectivity index (χ3n) is 7.57. The molecule has 1 heterocycles. The molecule has 6 atom stereocenters. The molecule has 0 spiro atoms. The standard InChI is InChI=1S/C24H48O5Si/c1-9-26-18(2)27-17-11-14-22-24(6,25)16-15-19-20(28-22)12-10-13-21(19)29-30(7,8)23(3,4)5/h18-22,25H,9-17H2,1-8H3/t18?,19-,20+,21-,22-,24+/m1/s1. The molecule has 0 bridgehead atoms. The molecular formula is C24H48O5Si. The van der Waals surface area contributed by atoms with E-state index in [9.17, 15) is 5.11 Å². The molecule has 0 aromatic rings. The Balaban J connectivity index is 1.98. The highest BCUT2D eigenvalue weighted by Gasteiger charge is 2.47. The van der Waals surface area contributed by atoms with Gasteiger partial charge in [-0.15, -0.1) is 0 Å². The lowest BCUT2D eigenvalue weighted by Crippen LogP contribution is -2.49. The molecule has 2 rings (SSSR count). The van der Waals surface area contributed by atoms with Crippen molar-refractivity contribution in [2.75, 3.05) is 13.2 Å². The fraction of sp³-hybridized carbons (Fsp3) is 1.00. The van der Waals surface area contributed by atoms with Crippen LogP contribution in [0, 0.1) is 5.92 Å². The average Bonchev–Trinajstić information content (AvgIpc) is 2.74. The second kappa shape index (κ2) is 10.8. The van der Waals surface area contributed by atoms with Gasteiger partial charge in [0.15, 0.2) is 14.6 Å². The van der Waals surface area contributed by atoms with E-state index in [2.05, 4.69) is 33.9 Å². The van der Waals surface area contributed by atoms with Crippen LogP contribution < -0.4 is 0 Å². The van der Waals surface area contributed by atoms with E-state index in [1.54, 1.807) is 0 Å². The van der Waals surface area contributed by atoms with Crippen molar-refractivity contribution in [1.29, 1.82) is 0 Å². The molecule has 1 N–H and O–H groups in total. The van der Waals surface area contributed by atoms with Gasteiger partial charge in [0, 0.05) is 19.1 Å². The van der Waals surface area contributed by atoms with Gasteiger partial charge in [0.25, 0.3) is 0 Å². The Hall–Kier alpha value is 0.0169. The third kappa shape index (κ3) is 7.01. The quantitative estimate of drug-likeness (QED) is 0.283. The highest BCUT2D eigenvalue weighted by atomic mass is 28.4. The van der Waals surface area contributed by atoms with Crippen LogP contribution in [0.1, 0.15) is 86.5 Å². The normalized spacial score (nSPS) is 34.3. The maximum absolute atomic E-state index is 11.2. The Kier molecular flexibility index (Phi) is 9.42. The Labute approximate surface area is 186 Å². The van der Waals surface area contributed by atoms with Crippen LogP contribution in [0.15, 0.2) is 0 Å². The number of rotatable bonds is 9. The van der Waals surface area contributed by atoms with Crippen LogP contribution in [0.2, 0.25) is 18.1 Å². The molecule has 2 aliphatic rings. The molecule has 1 saturated heterocycles. The largest absolute Gasteiger partial charge is 0.414 e. The lowest BCUT2D eigenvalue weighted by atomic mass is 9.80. The summed E-state index contributed by atoms with van der Waals surface area (Å²) in [7, 11) is -1.83. The molecule has 0 aromatic carbocycles. The van der Waals surface area contributed by atoms with Crippen molar-refractivity contribution in [3.05, 3.63) is 0 Å². The van der Waals surface area contributed by atoms with E-state index in [0.29, 0.717) is 19.1 Å². The van der Waals surface area contributed by atoms with E-state index in [1.807, 2.05) is 20.8 Å². The summed E-state index contributed by atoms with van der Waals surface area (Å²) < 4.78 is 24.6. The molecule has 0 aromatic heterocycles. The first kappa shape index (κ1) is 26.3. The molecule has 1 saturated carbocycles. The molecule has 30 heavy (non-hydrogen) atoms. The number of hydrogen-bond donors (Lipinski definition) is 1. The van der Waals surface area contributed by atoms with Gasteiger partial charge < -0.3 is 23.7 Å². The van der Waals surface area contributed by atoms with Crippen LogP contribution in [-0.2, 0) is 18.6 Å². The van der Waals surface area contributed by atoms with E-state index >= 15 is 0 Å². The van der Waals surface area contributed by atoms with Gasteiger partial charge in [-0.05, 0) is 83.8 Å². The minimum atomic E-state index is -1.83. The Morgan fingerprint density at radius 3 is 2.50 bits per heavy atom. The Bertz CT molecular complexity index is 516. The van der Waals surface area contributed by atoms with Gasteiger partial charge in [-0.1, -0.05) is 20.8 Å². The van der Waals surface area contributed by atoms with Gasteiger partial charge in [-0.25, -0.2) is 0 Å². The summed E-state index contributed by atoms with van der Waals surface area (Å²) in [6, 6.07) is 0. The average molecular weight is 445 g/mol. The first-order chi connectivity index (χ1) is 13.9. The van der Waals surface area contributed by atoms with Crippen molar-refractivity contribution in [1.82, 2.24) is 0 Å². The monoisotopic (exact) mass is 444 g/mol. The van der Waals surface area contributed by atoms with Gasteiger partial charge >= 0.3 is 0 Å². The van der Waals surface area contributed by atoms with Crippen LogP contribution in [0.25, 0.3) is 0 Å². The summed E-state index contributed by atoms with van der Waals surface area (Å²) in [5.41, 5.74) is -0.801. The van der Waals surface area contributed by atoms with Gasteiger partial charge in [0.2, 0.25) is 0 Å². The van der Waals surface area contributed by atoms with Gasteiger partial charge in [0.05, 0.1) is 23.9 Å². The molecule has 1 unspecified atom stereocenters. The summed E-state index contributed by atoms with van der Waals surface area (Å²) in [5, 5.41) is 11.4. The predicted molar refractivity (Wildman–Crippen MR) is 124 cm³/mol. The maximum Gasteiger partial charge on any atom is 0.192 e. The molecule has 0 radical (unpaired) electrons. The molecular weight excluding hydrogens is 396 g/mol. The first-order valence-corrected chi connectivity index (χ1v) is 15.1. The van der Waals surface area contributed by atoms with Gasteiger partial charge in [0.1, 0.15) is 0 Å². The molecule has 1 aliphatic heterocycles. The van der Waals surface area contributed by atoms with Crippen molar-refractivity contribution < 1.29 is 23.7 Å². The fourth-order valence-corrected chi connectivity index (χ4v) is 5.99. The SMILES string of the molecule is CCOC(C)OCCC[C@H]1O[C@H]2CCC[C@@H](O[Si](C)(C)C(C)(C)C)[C@@H]2CC[C@]1(C)O. The van der Waals surface area contributed by atoms with Crippen LogP contribution in [0.5, 0.6) is 0 Å². The van der Waals surface area contributed by atoms with Gasteiger partial charge in [-0.2, -0.15) is 0 Å². The second-order valence-corrected chi connectivity index (χ2v) is 15.9. The molecule has 0 amide bonds. The number of aliphatic hydroxyl groups is 1. The van der Waals surface area contributed by atoms with Crippen molar-refractivity contribution in [3.63, 3.8) is 0 Å². The minimum Gasteiger partial charge on any atom is -0.414 e. The van der Waals surface area contributed by atoms with E-state index < -0.39 is 13.9 Å². The Morgan fingerprint density at radius 1 is 1.17 bits per heavy atom. The summed E-state index contributed by atoms with van der Waals surface area (Å²) in [6.45, 7) is 18.7. The van der Waals surface area contributed by atoms with Crippen molar-refractivity contribution in [2.24, 2.45) is 5.92 Å². The van der Waals surface area contributed by atoms with Gasteiger partial charge in [-0.3, -0.25) is 0 Å². The molecule has 2 fully saturated rings. The maximum atomic E-state index is 11.2. The lowest BCUT2D eigenvalue weighted by molar-refractivity contribution is -0.149. The zero-order valence-corrected chi connectivity index (χ0v) is 21.8. The zero-order chi connectivity index (χ0) is 22.6. The number of hydrogen-bond acceptors (Lipinski definition) is 5. The minimum absolute atomic E-state index is 0.148. The summed E-state index contributed by atoms with van der Waals surface area (Å²) in [6.07, 6.45) is 6.88. The van der Waals surface area contributed by atoms with Crippen molar-refractivity contribution in [2.45, 2.75) is 135 Å².